The van der Waals surface area contributed by atoms with Crippen LogP contribution < -0.4 is 10.9 Å². The average Bonchev–Trinajstić information content (AvgIpc) is 2.75. The van der Waals surface area contributed by atoms with E-state index < -0.39 is 11.8 Å². The fourth-order valence-corrected chi connectivity index (χ4v) is 2.21. The maximum absolute atomic E-state index is 11.9. The minimum absolute atomic E-state index is 0.398. The number of amides is 2. The van der Waals surface area contributed by atoms with Crippen molar-refractivity contribution < 1.29 is 14.0 Å². The number of halogens is 1. The van der Waals surface area contributed by atoms with E-state index in [1.165, 1.54) is 0 Å². The van der Waals surface area contributed by atoms with E-state index >= 15 is 0 Å². The summed E-state index contributed by atoms with van der Waals surface area (Å²) in [6, 6.07) is 8.57. The van der Waals surface area contributed by atoms with Crippen molar-refractivity contribution in [2.24, 2.45) is 0 Å². The lowest BCUT2D eigenvalue weighted by atomic mass is 10.2. The van der Waals surface area contributed by atoms with Crippen molar-refractivity contribution >= 4 is 27.7 Å². The van der Waals surface area contributed by atoms with E-state index in [1.54, 1.807) is 44.2 Å². The van der Waals surface area contributed by atoms with E-state index in [2.05, 4.69) is 26.8 Å². The molecule has 0 bridgehead atoms. The molecule has 0 aliphatic rings. The van der Waals surface area contributed by atoms with Gasteiger partial charge in [0, 0.05) is 4.47 Å². The van der Waals surface area contributed by atoms with Crippen LogP contribution in [-0.2, 0) is 0 Å². The molecule has 6 heteroatoms. The van der Waals surface area contributed by atoms with E-state index in [0.717, 1.165) is 0 Å². The zero-order valence-corrected chi connectivity index (χ0v) is 12.6. The van der Waals surface area contributed by atoms with Crippen LogP contribution in [0.3, 0.4) is 0 Å². The van der Waals surface area contributed by atoms with Crippen LogP contribution in [0.25, 0.3) is 0 Å². The highest BCUT2D eigenvalue weighted by Gasteiger charge is 2.15. The van der Waals surface area contributed by atoms with Crippen molar-refractivity contribution in [1.82, 2.24) is 10.9 Å². The highest BCUT2D eigenvalue weighted by molar-refractivity contribution is 9.10. The first kappa shape index (κ1) is 14.3. The van der Waals surface area contributed by atoms with Gasteiger partial charge in [0.2, 0.25) is 0 Å². The molecule has 0 aliphatic carbocycles. The van der Waals surface area contributed by atoms with Gasteiger partial charge in [0.1, 0.15) is 11.5 Å². The molecule has 104 valence electrons. The molecule has 2 aromatic rings. The number of nitrogens with one attached hydrogen (secondary N) is 2. The van der Waals surface area contributed by atoms with Crippen LogP contribution in [0, 0.1) is 13.8 Å². The molecule has 2 amide bonds. The maximum Gasteiger partial charge on any atom is 0.273 e. The fraction of sp³-hybridized carbons (Fsp3) is 0.143. The molecule has 0 atom stereocenters. The van der Waals surface area contributed by atoms with E-state index in [9.17, 15) is 9.59 Å². The van der Waals surface area contributed by atoms with Crippen LogP contribution in [-0.4, -0.2) is 11.8 Å². The highest BCUT2D eigenvalue weighted by atomic mass is 79.9. The summed E-state index contributed by atoms with van der Waals surface area (Å²) in [5.74, 6) is 0.336. The summed E-state index contributed by atoms with van der Waals surface area (Å²) in [5, 5.41) is 0. The lowest BCUT2D eigenvalue weighted by molar-refractivity contribution is 0.0845. The zero-order chi connectivity index (χ0) is 14.7. The minimum Gasteiger partial charge on any atom is -0.466 e. The zero-order valence-electron chi connectivity index (χ0n) is 11.0. The third-order valence-corrected chi connectivity index (χ3v) is 3.39. The largest absolute Gasteiger partial charge is 0.466 e. The van der Waals surface area contributed by atoms with Crippen molar-refractivity contribution in [3.8, 4) is 0 Å². The summed E-state index contributed by atoms with van der Waals surface area (Å²) >= 11 is 3.28. The van der Waals surface area contributed by atoms with Gasteiger partial charge in [-0.05, 0) is 48.0 Å². The minimum atomic E-state index is -0.417. The Kier molecular flexibility index (Phi) is 4.24. The quantitative estimate of drug-likeness (QED) is 0.828. The third kappa shape index (κ3) is 3.08. The van der Waals surface area contributed by atoms with E-state index in [1.807, 2.05) is 0 Å². The summed E-state index contributed by atoms with van der Waals surface area (Å²) in [5.41, 5.74) is 5.56. The molecule has 0 aliphatic heterocycles. The van der Waals surface area contributed by atoms with Crippen LogP contribution in [0.5, 0.6) is 0 Å². The standard InChI is InChI=1S/C14H13BrN2O3/c1-8-7-11(9(2)20-8)14(19)17-16-13(18)10-5-3-4-6-12(10)15/h3-7H,1-2H3,(H,16,18)(H,17,19). The van der Waals surface area contributed by atoms with Crippen LogP contribution in [0.2, 0.25) is 0 Å². The van der Waals surface area contributed by atoms with Crippen LogP contribution in [0.4, 0.5) is 0 Å². The van der Waals surface area contributed by atoms with E-state index in [4.69, 9.17) is 4.42 Å². The van der Waals surface area contributed by atoms with Gasteiger partial charge >= 0.3 is 0 Å². The highest BCUT2D eigenvalue weighted by Crippen LogP contribution is 2.15. The fourth-order valence-electron chi connectivity index (χ4n) is 1.75. The first-order valence-electron chi connectivity index (χ1n) is 5.91. The number of rotatable bonds is 2. The number of furan rings is 1. The van der Waals surface area contributed by atoms with Crippen molar-refractivity contribution in [3.63, 3.8) is 0 Å². The Morgan fingerprint density at radius 3 is 2.20 bits per heavy atom. The Hall–Kier alpha value is -2.08. The predicted octanol–water partition coefficient (Wildman–Crippen LogP) is 2.73. The normalized spacial score (nSPS) is 10.2. The van der Waals surface area contributed by atoms with Gasteiger partial charge in [-0.2, -0.15) is 0 Å². The molecule has 0 unspecified atom stereocenters. The smallest absolute Gasteiger partial charge is 0.273 e. The number of hydrogen-bond donors (Lipinski definition) is 2. The SMILES string of the molecule is Cc1cc(C(=O)NNC(=O)c2ccccc2Br)c(C)o1. The Morgan fingerprint density at radius 2 is 1.65 bits per heavy atom. The second kappa shape index (κ2) is 5.92. The molecular weight excluding hydrogens is 324 g/mol. The van der Waals surface area contributed by atoms with Crippen molar-refractivity contribution in [1.29, 1.82) is 0 Å². The van der Waals surface area contributed by atoms with Gasteiger partial charge < -0.3 is 4.42 Å². The predicted molar refractivity (Wildman–Crippen MR) is 77.3 cm³/mol. The van der Waals surface area contributed by atoms with E-state index in [-0.39, 0.29) is 0 Å². The summed E-state index contributed by atoms with van der Waals surface area (Å²) in [7, 11) is 0. The lowest BCUT2D eigenvalue weighted by Gasteiger charge is -2.07. The van der Waals surface area contributed by atoms with Gasteiger partial charge in [0.05, 0.1) is 11.1 Å². The van der Waals surface area contributed by atoms with Gasteiger partial charge in [-0.25, -0.2) is 0 Å². The molecule has 0 spiro atoms. The summed E-state index contributed by atoms with van der Waals surface area (Å²) < 4.78 is 5.92. The molecule has 2 N–H and O–H groups in total. The number of hydrazine groups is 1. The molecule has 0 radical (unpaired) electrons. The molecule has 0 fully saturated rings. The van der Waals surface area contributed by atoms with Gasteiger partial charge in [-0.1, -0.05) is 12.1 Å². The lowest BCUT2D eigenvalue weighted by Crippen LogP contribution is -2.41. The van der Waals surface area contributed by atoms with Crippen molar-refractivity contribution in [2.75, 3.05) is 0 Å². The Bertz CT molecular complexity index is 664. The molecule has 1 aromatic carbocycles. The Labute approximate surface area is 124 Å². The van der Waals surface area contributed by atoms with Gasteiger partial charge in [0.25, 0.3) is 11.8 Å². The number of hydrogen-bond acceptors (Lipinski definition) is 3. The topological polar surface area (TPSA) is 71.3 Å². The van der Waals surface area contributed by atoms with Crippen molar-refractivity contribution in [3.05, 3.63) is 57.5 Å². The van der Waals surface area contributed by atoms with Gasteiger partial charge in [0.15, 0.2) is 0 Å². The number of benzene rings is 1. The van der Waals surface area contributed by atoms with Crippen molar-refractivity contribution in [2.45, 2.75) is 13.8 Å². The number of carbonyl (C=O) groups excluding carboxylic acids is 2. The Morgan fingerprint density at radius 1 is 1.05 bits per heavy atom. The average molecular weight is 337 g/mol. The molecule has 20 heavy (non-hydrogen) atoms. The molecule has 1 heterocycles. The van der Waals surface area contributed by atoms with Gasteiger partial charge in [-0.15, -0.1) is 0 Å². The summed E-state index contributed by atoms with van der Waals surface area (Å²) in [4.78, 5) is 23.8. The molecule has 2 rings (SSSR count). The first-order chi connectivity index (χ1) is 9.49. The number of carbonyl (C=O) groups is 2. The molecule has 5 nitrogen and oxygen atoms in total. The number of aryl methyl sites for hydroxylation is 2. The molecule has 0 saturated carbocycles. The van der Waals surface area contributed by atoms with E-state index in [0.29, 0.717) is 27.1 Å². The summed E-state index contributed by atoms with van der Waals surface area (Å²) in [6.07, 6.45) is 0. The molecule has 0 saturated heterocycles. The van der Waals surface area contributed by atoms with Crippen LogP contribution >= 0.6 is 15.9 Å². The molecular formula is C14H13BrN2O3. The Balaban J connectivity index is 2.02. The second-order valence-electron chi connectivity index (χ2n) is 4.22. The summed E-state index contributed by atoms with van der Waals surface area (Å²) in [6.45, 7) is 3.45. The second-order valence-corrected chi connectivity index (χ2v) is 5.07. The molecule has 1 aromatic heterocycles. The van der Waals surface area contributed by atoms with Crippen LogP contribution in [0.15, 0.2) is 39.2 Å². The third-order valence-electron chi connectivity index (χ3n) is 2.69. The van der Waals surface area contributed by atoms with Crippen LogP contribution in [0.1, 0.15) is 32.2 Å². The maximum atomic E-state index is 11.9. The first-order valence-corrected chi connectivity index (χ1v) is 6.70. The van der Waals surface area contributed by atoms with Gasteiger partial charge in [-0.3, -0.25) is 20.4 Å². The monoisotopic (exact) mass is 336 g/mol.